The minimum atomic E-state index is -0.325. The molecular weight excluding hydrogens is 316 g/mol. The summed E-state index contributed by atoms with van der Waals surface area (Å²) in [5.74, 6) is -0.0660. The molecule has 1 unspecified atom stereocenters. The van der Waals surface area contributed by atoms with Gasteiger partial charge in [0, 0.05) is 15.8 Å². The fourth-order valence-electron chi connectivity index (χ4n) is 1.81. The number of hydrogen-bond acceptors (Lipinski definition) is 2. The van der Waals surface area contributed by atoms with E-state index in [2.05, 4.69) is 26.6 Å². The van der Waals surface area contributed by atoms with E-state index in [0.29, 0.717) is 0 Å². The molecule has 3 nitrogen and oxygen atoms in total. The topological polar surface area (TPSA) is 41.1 Å². The maximum absolute atomic E-state index is 12.1. The smallest absolute Gasteiger partial charge is 0.246 e. The Hall–Kier alpha value is -1.81. The minimum absolute atomic E-state index is 0.0660. The first kappa shape index (κ1) is 14.6. The van der Waals surface area contributed by atoms with Gasteiger partial charge in [0.15, 0.2) is 0 Å². The zero-order valence-corrected chi connectivity index (χ0v) is 13.1. The predicted molar refractivity (Wildman–Crippen MR) is 87.0 cm³/mol. The summed E-state index contributed by atoms with van der Waals surface area (Å²) in [6, 6.07) is 15.1. The molecule has 2 aromatic rings. The van der Waals surface area contributed by atoms with Gasteiger partial charge in [-0.3, -0.25) is 4.79 Å². The van der Waals surface area contributed by atoms with Crippen LogP contribution in [0.3, 0.4) is 0 Å². The SMILES string of the molecule is Cc1ccc(NC(C)C(=O)Nc2ccccc2)c(Br)c1. The van der Waals surface area contributed by atoms with E-state index in [1.54, 1.807) is 0 Å². The van der Waals surface area contributed by atoms with Crippen LogP contribution in [0.15, 0.2) is 53.0 Å². The molecule has 4 heteroatoms. The molecule has 0 radical (unpaired) electrons. The minimum Gasteiger partial charge on any atom is -0.373 e. The molecule has 1 atom stereocenters. The van der Waals surface area contributed by atoms with E-state index in [0.717, 1.165) is 15.8 Å². The number of carbonyl (C=O) groups excluding carboxylic acids is 1. The average Bonchev–Trinajstić information content (AvgIpc) is 2.43. The van der Waals surface area contributed by atoms with E-state index in [1.165, 1.54) is 5.56 Å². The highest BCUT2D eigenvalue weighted by molar-refractivity contribution is 9.10. The Labute approximate surface area is 127 Å². The zero-order valence-electron chi connectivity index (χ0n) is 11.5. The van der Waals surface area contributed by atoms with Gasteiger partial charge >= 0.3 is 0 Å². The average molecular weight is 333 g/mol. The van der Waals surface area contributed by atoms with E-state index in [4.69, 9.17) is 0 Å². The van der Waals surface area contributed by atoms with Crippen molar-refractivity contribution in [3.05, 3.63) is 58.6 Å². The summed E-state index contributed by atoms with van der Waals surface area (Å²) < 4.78 is 0.955. The van der Waals surface area contributed by atoms with Crippen molar-refractivity contribution in [1.82, 2.24) is 0 Å². The largest absolute Gasteiger partial charge is 0.373 e. The fraction of sp³-hybridized carbons (Fsp3) is 0.188. The molecule has 0 aromatic heterocycles. The van der Waals surface area contributed by atoms with Gasteiger partial charge in [0.1, 0.15) is 6.04 Å². The van der Waals surface area contributed by atoms with Crippen molar-refractivity contribution in [2.24, 2.45) is 0 Å². The van der Waals surface area contributed by atoms with E-state index in [9.17, 15) is 4.79 Å². The monoisotopic (exact) mass is 332 g/mol. The third-order valence-corrected chi connectivity index (χ3v) is 3.59. The summed E-state index contributed by atoms with van der Waals surface area (Å²) in [7, 11) is 0. The number of anilines is 2. The Morgan fingerprint density at radius 1 is 1.15 bits per heavy atom. The first-order valence-corrected chi connectivity index (χ1v) is 7.24. The third kappa shape index (κ3) is 3.84. The Kier molecular flexibility index (Phi) is 4.79. The zero-order chi connectivity index (χ0) is 14.5. The molecule has 0 heterocycles. The van der Waals surface area contributed by atoms with Gasteiger partial charge in [-0.15, -0.1) is 0 Å². The standard InChI is InChI=1S/C16H17BrN2O/c1-11-8-9-15(14(17)10-11)18-12(2)16(20)19-13-6-4-3-5-7-13/h3-10,12,18H,1-2H3,(H,19,20). The normalized spacial score (nSPS) is 11.8. The molecule has 2 aromatic carbocycles. The van der Waals surface area contributed by atoms with Crippen molar-refractivity contribution in [1.29, 1.82) is 0 Å². The number of hydrogen-bond donors (Lipinski definition) is 2. The lowest BCUT2D eigenvalue weighted by Gasteiger charge is -2.16. The molecule has 0 aliphatic rings. The number of amides is 1. The van der Waals surface area contributed by atoms with E-state index >= 15 is 0 Å². The predicted octanol–water partition coefficient (Wildman–Crippen LogP) is 4.20. The van der Waals surface area contributed by atoms with Crippen molar-refractivity contribution in [3.8, 4) is 0 Å². The second kappa shape index (κ2) is 6.57. The molecule has 0 fully saturated rings. The van der Waals surface area contributed by atoms with Gasteiger partial charge in [0.05, 0.1) is 0 Å². The van der Waals surface area contributed by atoms with Crippen LogP contribution in [0.2, 0.25) is 0 Å². The molecule has 1 amide bonds. The van der Waals surface area contributed by atoms with Crippen LogP contribution in [0.1, 0.15) is 12.5 Å². The summed E-state index contributed by atoms with van der Waals surface area (Å²) >= 11 is 3.50. The van der Waals surface area contributed by atoms with Crippen LogP contribution in [0, 0.1) is 6.92 Å². The van der Waals surface area contributed by atoms with Crippen LogP contribution < -0.4 is 10.6 Å². The molecule has 0 spiro atoms. The Balaban J connectivity index is 2.00. The lowest BCUT2D eigenvalue weighted by Crippen LogP contribution is -2.31. The van der Waals surface area contributed by atoms with Gasteiger partial charge in [-0.25, -0.2) is 0 Å². The molecule has 104 valence electrons. The number of para-hydroxylation sites is 1. The number of benzene rings is 2. The van der Waals surface area contributed by atoms with Crippen LogP contribution >= 0.6 is 15.9 Å². The van der Waals surface area contributed by atoms with Crippen LogP contribution in [-0.2, 0) is 4.79 Å². The second-order valence-electron chi connectivity index (χ2n) is 4.70. The molecule has 0 aliphatic carbocycles. The van der Waals surface area contributed by atoms with Crippen LogP contribution in [0.4, 0.5) is 11.4 Å². The molecule has 2 N–H and O–H groups in total. The van der Waals surface area contributed by atoms with E-state index < -0.39 is 0 Å². The molecule has 0 bridgehead atoms. The molecule has 20 heavy (non-hydrogen) atoms. The van der Waals surface area contributed by atoms with E-state index in [-0.39, 0.29) is 11.9 Å². The number of carbonyl (C=O) groups is 1. The summed E-state index contributed by atoms with van der Waals surface area (Å²) in [4.78, 5) is 12.1. The van der Waals surface area contributed by atoms with E-state index in [1.807, 2.05) is 62.4 Å². The summed E-state index contributed by atoms with van der Waals surface area (Å²) in [5, 5.41) is 6.07. The highest BCUT2D eigenvalue weighted by Crippen LogP contribution is 2.24. The van der Waals surface area contributed by atoms with Gasteiger partial charge in [-0.2, -0.15) is 0 Å². The number of aryl methyl sites for hydroxylation is 1. The van der Waals surface area contributed by atoms with Crippen molar-refractivity contribution < 1.29 is 4.79 Å². The first-order chi connectivity index (χ1) is 9.56. The molecule has 2 rings (SSSR count). The van der Waals surface area contributed by atoms with Gasteiger partial charge in [-0.1, -0.05) is 24.3 Å². The lowest BCUT2D eigenvalue weighted by molar-refractivity contribution is -0.116. The highest BCUT2D eigenvalue weighted by Gasteiger charge is 2.13. The Morgan fingerprint density at radius 2 is 1.85 bits per heavy atom. The number of halogens is 1. The summed E-state index contributed by atoms with van der Waals surface area (Å²) in [6.45, 7) is 3.87. The molecule has 0 aliphatic heterocycles. The quantitative estimate of drug-likeness (QED) is 0.881. The van der Waals surface area contributed by atoms with Crippen molar-refractivity contribution >= 4 is 33.2 Å². The summed E-state index contributed by atoms with van der Waals surface area (Å²) in [5.41, 5.74) is 2.88. The maximum atomic E-state index is 12.1. The Morgan fingerprint density at radius 3 is 2.50 bits per heavy atom. The first-order valence-electron chi connectivity index (χ1n) is 6.45. The number of rotatable bonds is 4. The number of nitrogens with one attached hydrogen (secondary N) is 2. The molecule has 0 saturated carbocycles. The molecule has 0 saturated heterocycles. The molecular formula is C16H17BrN2O. The van der Waals surface area contributed by atoms with Crippen LogP contribution in [0.5, 0.6) is 0 Å². The third-order valence-electron chi connectivity index (χ3n) is 2.93. The summed E-state index contributed by atoms with van der Waals surface area (Å²) in [6.07, 6.45) is 0. The highest BCUT2D eigenvalue weighted by atomic mass is 79.9. The van der Waals surface area contributed by atoms with Crippen molar-refractivity contribution in [2.45, 2.75) is 19.9 Å². The van der Waals surface area contributed by atoms with Crippen molar-refractivity contribution in [3.63, 3.8) is 0 Å². The lowest BCUT2D eigenvalue weighted by atomic mass is 10.2. The van der Waals surface area contributed by atoms with Gasteiger partial charge in [-0.05, 0) is 59.6 Å². The fourth-order valence-corrected chi connectivity index (χ4v) is 2.42. The van der Waals surface area contributed by atoms with Crippen molar-refractivity contribution in [2.75, 3.05) is 10.6 Å². The second-order valence-corrected chi connectivity index (χ2v) is 5.56. The van der Waals surface area contributed by atoms with Gasteiger partial charge < -0.3 is 10.6 Å². The van der Waals surface area contributed by atoms with Gasteiger partial charge in [0.2, 0.25) is 5.91 Å². The van der Waals surface area contributed by atoms with Crippen LogP contribution in [-0.4, -0.2) is 11.9 Å². The maximum Gasteiger partial charge on any atom is 0.246 e. The Bertz CT molecular complexity index is 599. The van der Waals surface area contributed by atoms with Gasteiger partial charge in [0.25, 0.3) is 0 Å². The van der Waals surface area contributed by atoms with Crippen LogP contribution in [0.25, 0.3) is 0 Å².